The number of likely N-dealkylation sites (tertiary alicyclic amines) is 1. The van der Waals surface area contributed by atoms with Gasteiger partial charge in [0.05, 0.1) is 5.56 Å². The Morgan fingerprint density at radius 2 is 2.00 bits per heavy atom. The lowest BCUT2D eigenvalue weighted by Gasteiger charge is -2.34. The van der Waals surface area contributed by atoms with Gasteiger partial charge in [-0.2, -0.15) is 0 Å². The van der Waals surface area contributed by atoms with Crippen molar-refractivity contribution in [1.82, 2.24) is 10.2 Å². The van der Waals surface area contributed by atoms with Crippen LogP contribution in [0.5, 0.6) is 0 Å². The number of nitrogens with one attached hydrogen (secondary N) is 1. The Morgan fingerprint density at radius 3 is 2.75 bits per heavy atom. The number of fused-ring (bicyclic) bond motifs is 1. The second-order valence-corrected chi connectivity index (χ2v) is 7.11. The Bertz CT molecular complexity index is 512. The van der Waals surface area contributed by atoms with Crippen LogP contribution < -0.4 is 5.32 Å². The van der Waals surface area contributed by atoms with Crippen LogP contribution in [0.4, 0.5) is 0 Å². The highest BCUT2D eigenvalue weighted by molar-refractivity contribution is 9.11. The normalized spacial score (nSPS) is 25.0. The second kappa shape index (κ2) is 6.77. The first-order valence-corrected chi connectivity index (χ1v) is 8.19. The molecule has 3 rings (SSSR count). The zero-order valence-corrected chi connectivity index (χ0v) is 14.9. The molecule has 0 radical (unpaired) electrons. The van der Waals surface area contributed by atoms with Crippen LogP contribution in [-0.4, -0.2) is 37.0 Å². The first-order valence-electron chi connectivity index (χ1n) is 6.60. The summed E-state index contributed by atoms with van der Waals surface area (Å²) in [6.07, 6.45) is 1.12. The van der Waals surface area contributed by atoms with E-state index in [1.807, 2.05) is 23.1 Å². The molecule has 0 spiro atoms. The minimum Gasteiger partial charge on any atom is -0.338 e. The summed E-state index contributed by atoms with van der Waals surface area (Å²) in [5.74, 6) is 1.54. The summed E-state index contributed by atoms with van der Waals surface area (Å²) in [5, 5.41) is 3.43. The lowest BCUT2D eigenvalue weighted by molar-refractivity contribution is 0.0641. The van der Waals surface area contributed by atoms with Gasteiger partial charge in [0.25, 0.3) is 5.91 Å². The fourth-order valence-corrected chi connectivity index (χ4v) is 4.27. The maximum absolute atomic E-state index is 12.6. The number of carbonyl (C=O) groups excluding carboxylic acids is 1. The predicted octanol–water partition coefficient (Wildman–Crippen LogP) is 3.31. The molecule has 2 unspecified atom stereocenters. The van der Waals surface area contributed by atoms with Gasteiger partial charge in [-0.3, -0.25) is 4.79 Å². The van der Waals surface area contributed by atoms with E-state index in [1.165, 1.54) is 0 Å². The van der Waals surface area contributed by atoms with E-state index >= 15 is 0 Å². The highest BCUT2D eigenvalue weighted by Crippen LogP contribution is 2.29. The van der Waals surface area contributed by atoms with Crippen molar-refractivity contribution in [2.75, 3.05) is 26.2 Å². The van der Waals surface area contributed by atoms with E-state index in [-0.39, 0.29) is 18.3 Å². The highest BCUT2D eigenvalue weighted by atomic mass is 79.9. The zero-order valence-electron chi connectivity index (χ0n) is 10.9. The average Bonchev–Trinajstić information content (AvgIpc) is 2.85. The number of halogens is 3. The number of rotatable bonds is 1. The van der Waals surface area contributed by atoms with Gasteiger partial charge in [0.15, 0.2) is 0 Å². The van der Waals surface area contributed by atoms with E-state index in [0.717, 1.165) is 53.0 Å². The van der Waals surface area contributed by atoms with Crippen LogP contribution >= 0.6 is 44.3 Å². The fraction of sp³-hybridized carbons (Fsp3) is 0.500. The number of piperidine rings is 1. The molecule has 2 saturated heterocycles. The zero-order chi connectivity index (χ0) is 13.4. The minimum atomic E-state index is 0. The third-order valence-electron chi connectivity index (χ3n) is 4.15. The molecule has 1 N–H and O–H groups in total. The molecule has 1 amide bonds. The summed E-state index contributed by atoms with van der Waals surface area (Å²) < 4.78 is 1.84. The Labute approximate surface area is 142 Å². The topological polar surface area (TPSA) is 32.3 Å². The fourth-order valence-electron chi connectivity index (χ4n) is 3.05. The maximum Gasteiger partial charge on any atom is 0.255 e. The molecular weight excluding hydrogens is 407 g/mol. The molecule has 6 heteroatoms. The highest BCUT2D eigenvalue weighted by Gasteiger charge is 2.34. The summed E-state index contributed by atoms with van der Waals surface area (Å²) in [6.45, 7) is 3.94. The summed E-state index contributed by atoms with van der Waals surface area (Å²) in [6, 6.07) is 5.73. The SMILES string of the molecule is Cl.O=C(c1ccc(Br)cc1Br)N1CCC2CNCC2C1. The summed E-state index contributed by atoms with van der Waals surface area (Å²) in [4.78, 5) is 14.6. The van der Waals surface area contributed by atoms with Crippen molar-refractivity contribution in [3.63, 3.8) is 0 Å². The van der Waals surface area contributed by atoms with E-state index in [4.69, 9.17) is 0 Å². The number of nitrogens with zero attached hydrogens (tertiary/aromatic N) is 1. The third kappa shape index (κ3) is 3.21. The Kier molecular flexibility index (Phi) is 5.51. The van der Waals surface area contributed by atoms with Crippen LogP contribution in [0.1, 0.15) is 16.8 Å². The number of amides is 1. The smallest absolute Gasteiger partial charge is 0.255 e. The van der Waals surface area contributed by atoms with Gasteiger partial charge in [0.1, 0.15) is 0 Å². The largest absolute Gasteiger partial charge is 0.338 e. The van der Waals surface area contributed by atoms with Gasteiger partial charge in [0, 0.05) is 22.0 Å². The van der Waals surface area contributed by atoms with Gasteiger partial charge in [-0.25, -0.2) is 0 Å². The van der Waals surface area contributed by atoms with E-state index in [2.05, 4.69) is 37.2 Å². The molecule has 0 aliphatic carbocycles. The summed E-state index contributed by atoms with van der Waals surface area (Å²) in [5.41, 5.74) is 0.757. The van der Waals surface area contributed by atoms with Crippen molar-refractivity contribution in [3.05, 3.63) is 32.7 Å². The van der Waals surface area contributed by atoms with E-state index < -0.39 is 0 Å². The molecule has 2 atom stereocenters. The second-order valence-electron chi connectivity index (χ2n) is 5.34. The molecule has 110 valence electrons. The molecule has 20 heavy (non-hydrogen) atoms. The van der Waals surface area contributed by atoms with Crippen molar-refractivity contribution in [1.29, 1.82) is 0 Å². The quantitative estimate of drug-likeness (QED) is 0.750. The van der Waals surface area contributed by atoms with Gasteiger partial charge in [0.2, 0.25) is 0 Å². The molecule has 0 saturated carbocycles. The van der Waals surface area contributed by atoms with Crippen molar-refractivity contribution in [2.45, 2.75) is 6.42 Å². The van der Waals surface area contributed by atoms with Gasteiger partial charge < -0.3 is 10.2 Å². The number of hydrogen-bond donors (Lipinski definition) is 1. The van der Waals surface area contributed by atoms with E-state index in [0.29, 0.717) is 5.92 Å². The maximum atomic E-state index is 12.6. The van der Waals surface area contributed by atoms with Gasteiger partial charge in [-0.15, -0.1) is 12.4 Å². The molecule has 2 fully saturated rings. The van der Waals surface area contributed by atoms with Crippen LogP contribution in [0.2, 0.25) is 0 Å². The van der Waals surface area contributed by atoms with E-state index in [9.17, 15) is 4.79 Å². The van der Waals surface area contributed by atoms with Gasteiger partial charge >= 0.3 is 0 Å². The Morgan fingerprint density at radius 1 is 1.25 bits per heavy atom. The van der Waals surface area contributed by atoms with Crippen LogP contribution in [0, 0.1) is 11.8 Å². The molecule has 2 aliphatic rings. The molecule has 1 aromatic carbocycles. The van der Waals surface area contributed by atoms with Crippen LogP contribution in [-0.2, 0) is 0 Å². The molecule has 2 heterocycles. The van der Waals surface area contributed by atoms with Crippen LogP contribution in [0.3, 0.4) is 0 Å². The van der Waals surface area contributed by atoms with Crippen molar-refractivity contribution >= 4 is 50.2 Å². The minimum absolute atomic E-state index is 0. The van der Waals surface area contributed by atoms with Crippen molar-refractivity contribution in [3.8, 4) is 0 Å². The lowest BCUT2D eigenvalue weighted by atomic mass is 9.88. The first kappa shape index (κ1) is 16.3. The lowest BCUT2D eigenvalue weighted by Crippen LogP contribution is -2.43. The summed E-state index contributed by atoms with van der Waals surface area (Å²) in [7, 11) is 0. The van der Waals surface area contributed by atoms with Crippen molar-refractivity contribution in [2.24, 2.45) is 11.8 Å². The van der Waals surface area contributed by atoms with Gasteiger partial charge in [-0.05, 0) is 65.5 Å². The third-order valence-corrected chi connectivity index (χ3v) is 5.30. The molecule has 0 aromatic heterocycles. The number of hydrogen-bond acceptors (Lipinski definition) is 2. The molecule has 2 aliphatic heterocycles. The average molecular weight is 425 g/mol. The van der Waals surface area contributed by atoms with Crippen molar-refractivity contribution < 1.29 is 4.79 Å². The predicted molar refractivity (Wildman–Crippen MR) is 89.5 cm³/mol. The molecular formula is C14H17Br2ClN2O. The molecule has 0 bridgehead atoms. The number of benzene rings is 1. The van der Waals surface area contributed by atoms with Gasteiger partial charge in [-0.1, -0.05) is 15.9 Å². The standard InChI is InChI=1S/C14H16Br2N2O.ClH/c15-11-1-2-12(13(16)5-11)14(19)18-4-3-9-6-17-7-10(9)8-18;/h1-2,5,9-10,17H,3-4,6-8H2;1H. The monoisotopic (exact) mass is 422 g/mol. The summed E-state index contributed by atoms with van der Waals surface area (Å²) >= 11 is 6.90. The van der Waals surface area contributed by atoms with E-state index in [1.54, 1.807) is 0 Å². The molecule has 1 aromatic rings. The first-order chi connectivity index (χ1) is 9.15. The molecule has 3 nitrogen and oxygen atoms in total. The van der Waals surface area contributed by atoms with Crippen LogP contribution in [0.25, 0.3) is 0 Å². The number of carbonyl (C=O) groups is 1. The Balaban J connectivity index is 0.00000147. The Hall–Kier alpha value is -0.100. The van der Waals surface area contributed by atoms with Crippen LogP contribution in [0.15, 0.2) is 27.1 Å².